The maximum Gasteiger partial charge on any atom is 0.310 e. The summed E-state index contributed by atoms with van der Waals surface area (Å²) >= 11 is 0. The molecular formula is C49H69NO7. The molecule has 5 fully saturated rings. The number of fused-ring (bicyclic) bond motifs is 7. The molecule has 312 valence electrons. The molecule has 8 heteroatoms. The number of benzene rings is 1. The third-order valence-corrected chi connectivity index (χ3v) is 18.0. The molecule has 0 radical (unpaired) electrons. The number of esters is 1. The van der Waals surface area contributed by atoms with Crippen LogP contribution in [0.1, 0.15) is 157 Å². The molecule has 1 aromatic rings. The second kappa shape index (κ2) is 13.9. The van der Waals surface area contributed by atoms with Crippen LogP contribution in [0, 0.1) is 62.1 Å². The Kier molecular flexibility index (Phi) is 10.2. The Hall–Kier alpha value is -3.29. The number of Topliss-reactive ketones (excluding diaryl/α,β-unsaturated/α-hetero) is 2. The molecule has 7 rings (SSSR count). The van der Waals surface area contributed by atoms with E-state index in [4.69, 9.17) is 9.47 Å². The zero-order chi connectivity index (χ0) is 41.7. The summed E-state index contributed by atoms with van der Waals surface area (Å²) in [4.78, 5) is 66.6. The van der Waals surface area contributed by atoms with Crippen molar-refractivity contribution in [1.29, 1.82) is 0 Å². The van der Waals surface area contributed by atoms with Gasteiger partial charge in [-0.05, 0) is 109 Å². The van der Waals surface area contributed by atoms with Crippen LogP contribution >= 0.6 is 0 Å². The normalized spacial score (nSPS) is 39.1. The van der Waals surface area contributed by atoms with E-state index < -0.39 is 16.4 Å². The summed E-state index contributed by atoms with van der Waals surface area (Å²) in [5.41, 5.74) is 0.398. The molecule has 0 unspecified atom stereocenters. The Morgan fingerprint density at radius 3 is 2.16 bits per heavy atom. The summed E-state index contributed by atoms with van der Waals surface area (Å²) in [7, 11) is 0. The average molecular weight is 784 g/mol. The SMILES string of the molecule is CC(C)C1=C2[C@H]3CC[C@@H]4[C@@]5(C)CC[C@H](OC(=O)[C@H]6C[C@@H](OC=O)C6(C)C)C(C)(C)[C@@H]5CC[C@@]4(C)[C@]3(C)CC[C@@]2(NC(=O)C(C)(C)CC(=O)c2ccccc2)CC1=O. The van der Waals surface area contributed by atoms with Gasteiger partial charge in [-0.1, -0.05) is 106 Å². The second-order valence-electron chi connectivity index (χ2n) is 22.2. The Morgan fingerprint density at radius 1 is 0.842 bits per heavy atom. The lowest BCUT2D eigenvalue weighted by atomic mass is 9.33. The molecule has 0 aromatic heterocycles. The van der Waals surface area contributed by atoms with E-state index >= 15 is 0 Å². The standard InChI is InChI=1S/C49H69NO7/c1-29(2)39-34(53)27-49(50-42(55)43(3,4)26-33(52)30-15-13-12-14-16-30)24-23-47(10)31(40(39)49)17-18-36-46(9)21-20-37(45(7,8)35(46)19-22-48(36,47)11)57-41(54)32-25-38(56-28-51)44(32,5)6/h12-16,28-29,31-32,35-38H,17-27H2,1-11H3,(H,50,55)/t31-,32-,35+,36-,37+,38-,46+,47-,48-,49-/m1/s1. The van der Waals surface area contributed by atoms with Gasteiger partial charge in [-0.25, -0.2) is 0 Å². The predicted molar refractivity (Wildman–Crippen MR) is 220 cm³/mol. The number of allylic oxidation sites excluding steroid dienone is 1. The first-order chi connectivity index (χ1) is 26.5. The largest absolute Gasteiger partial charge is 0.464 e. The fourth-order valence-corrected chi connectivity index (χ4v) is 14.3. The van der Waals surface area contributed by atoms with Crippen LogP contribution in [0.15, 0.2) is 41.5 Å². The van der Waals surface area contributed by atoms with Crippen LogP contribution in [0.2, 0.25) is 0 Å². The van der Waals surface area contributed by atoms with Crippen LogP contribution in [0.3, 0.4) is 0 Å². The van der Waals surface area contributed by atoms with Gasteiger partial charge >= 0.3 is 5.97 Å². The van der Waals surface area contributed by atoms with Gasteiger partial charge < -0.3 is 14.8 Å². The van der Waals surface area contributed by atoms with E-state index in [0.717, 1.165) is 50.5 Å². The van der Waals surface area contributed by atoms with E-state index in [1.54, 1.807) is 12.1 Å². The third kappa shape index (κ3) is 6.21. The lowest BCUT2D eigenvalue weighted by molar-refractivity contribution is -0.236. The third-order valence-electron chi connectivity index (χ3n) is 18.0. The first kappa shape index (κ1) is 41.9. The highest BCUT2D eigenvalue weighted by Gasteiger charge is 2.70. The molecular weight excluding hydrogens is 715 g/mol. The summed E-state index contributed by atoms with van der Waals surface area (Å²) in [6.07, 6.45) is 8.10. The molecule has 0 aliphatic heterocycles. The van der Waals surface area contributed by atoms with Crippen LogP contribution in [-0.4, -0.2) is 47.7 Å². The molecule has 6 aliphatic rings. The van der Waals surface area contributed by atoms with Crippen molar-refractivity contribution in [2.24, 2.45) is 62.1 Å². The summed E-state index contributed by atoms with van der Waals surface area (Å²) in [5.74, 6) is 0.584. The number of ether oxygens (including phenoxy) is 2. The quantitative estimate of drug-likeness (QED) is 0.143. The van der Waals surface area contributed by atoms with Crippen LogP contribution in [0.5, 0.6) is 0 Å². The first-order valence-corrected chi connectivity index (χ1v) is 22.0. The highest BCUT2D eigenvalue weighted by atomic mass is 16.6. The number of carbonyl (C=O) groups is 5. The van der Waals surface area contributed by atoms with Gasteiger partial charge in [-0.15, -0.1) is 0 Å². The number of carbonyl (C=O) groups excluding carboxylic acids is 5. The van der Waals surface area contributed by atoms with Crippen molar-refractivity contribution < 1.29 is 33.4 Å². The molecule has 57 heavy (non-hydrogen) atoms. The summed E-state index contributed by atoms with van der Waals surface area (Å²) in [5, 5.41) is 3.52. The van der Waals surface area contributed by atoms with Gasteiger partial charge in [0.05, 0.1) is 16.9 Å². The van der Waals surface area contributed by atoms with E-state index in [1.165, 1.54) is 5.57 Å². The molecule has 1 amide bonds. The molecule has 8 nitrogen and oxygen atoms in total. The van der Waals surface area contributed by atoms with Crippen molar-refractivity contribution in [3.05, 3.63) is 47.0 Å². The van der Waals surface area contributed by atoms with E-state index in [2.05, 4.69) is 53.8 Å². The molecule has 1 aromatic carbocycles. The molecule has 0 heterocycles. The Morgan fingerprint density at radius 2 is 1.53 bits per heavy atom. The lowest BCUT2D eigenvalue weighted by Gasteiger charge is -2.72. The first-order valence-electron chi connectivity index (χ1n) is 22.0. The minimum absolute atomic E-state index is 0.0164. The lowest BCUT2D eigenvalue weighted by Crippen LogP contribution is -2.67. The zero-order valence-electron chi connectivity index (χ0n) is 36.6. The van der Waals surface area contributed by atoms with Gasteiger partial charge in [0, 0.05) is 29.2 Å². The van der Waals surface area contributed by atoms with Crippen LogP contribution in [-0.2, 0) is 28.7 Å². The Bertz CT molecular complexity index is 1860. The highest BCUT2D eigenvalue weighted by molar-refractivity contribution is 6.03. The predicted octanol–water partition coefficient (Wildman–Crippen LogP) is 9.63. The van der Waals surface area contributed by atoms with E-state index in [9.17, 15) is 24.0 Å². The summed E-state index contributed by atoms with van der Waals surface area (Å²) < 4.78 is 11.7. The fourth-order valence-electron chi connectivity index (χ4n) is 14.3. The molecule has 0 saturated heterocycles. The zero-order valence-corrected chi connectivity index (χ0v) is 36.6. The molecule has 5 saturated carbocycles. The average Bonchev–Trinajstić information content (AvgIpc) is 3.43. The minimum Gasteiger partial charge on any atom is -0.464 e. The van der Waals surface area contributed by atoms with Gasteiger partial charge in [-0.3, -0.25) is 24.0 Å². The molecule has 10 atom stereocenters. The summed E-state index contributed by atoms with van der Waals surface area (Å²) in [6, 6.07) is 9.18. The van der Waals surface area contributed by atoms with Crippen molar-refractivity contribution in [3.63, 3.8) is 0 Å². The number of ketones is 2. The van der Waals surface area contributed by atoms with Crippen LogP contribution in [0.25, 0.3) is 0 Å². The summed E-state index contributed by atoms with van der Waals surface area (Å²) in [6.45, 7) is 24.7. The second-order valence-corrected chi connectivity index (χ2v) is 22.2. The van der Waals surface area contributed by atoms with E-state index in [1.807, 2.05) is 45.9 Å². The van der Waals surface area contributed by atoms with Gasteiger partial charge in [0.1, 0.15) is 12.2 Å². The van der Waals surface area contributed by atoms with Crippen molar-refractivity contribution >= 4 is 29.9 Å². The molecule has 0 spiro atoms. The topological polar surface area (TPSA) is 116 Å². The van der Waals surface area contributed by atoms with Crippen molar-refractivity contribution in [1.82, 2.24) is 5.32 Å². The minimum atomic E-state index is -0.949. The maximum atomic E-state index is 14.4. The number of nitrogens with one attached hydrogen (secondary N) is 1. The van der Waals surface area contributed by atoms with Crippen molar-refractivity contribution in [2.45, 2.75) is 165 Å². The van der Waals surface area contributed by atoms with Gasteiger partial charge in [0.2, 0.25) is 5.91 Å². The molecule has 1 N–H and O–H groups in total. The number of hydrogen-bond acceptors (Lipinski definition) is 7. The Balaban J connectivity index is 1.14. The van der Waals surface area contributed by atoms with Gasteiger partial charge in [0.15, 0.2) is 11.6 Å². The highest BCUT2D eigenvalue weighted by Crippen LogP contribution is 2.76. The van der Waals surface area contributed by atoms with Crippen LogP contribution in [0.4, 0.5) is 0 Å². The van der Waals surface area contributed by atoms with Crippen molar-refractivity contribution in [2.75, 3.05) is 0 Å². The molecule has 0 bridgehead atoms. The smallest absolute Gasteiger partial charge is 0.310 e. The molecule has 6 aliphatic carbocycles. The van der Waals surface area contributed by atoms with Crippen LogP contribution < -0.4 is 5.32 Å². The number of amides is 1. The number of rotatable bonds is 10. The van der Waals surface area contributed by atoms with Gasteiger partial charge in [-0.2, -0.15) is 0 Å². The number of hydrogen-bond donors (Lipinski definition) is 1. The maximum absolute atomic E-state index is 14.4. The Labute approximate surface area is 341 Å². The fraction of sp³-hybridized carbons (Fsp3) is 0.735. The van der Waals surface area contributed by atoms with E-state index in [0.29, 0.717) is 43.1 Å². The van der Waals surface area contributed by atoms with Crippen molar-refractivity contribution in [3.8, 4) is 0 Å². The van der Waals surface area contributed by atoms with Gasteiger partial charge in [0.25, 0.3) is 6.47 Å². The van der Waals surface area contributed by atoms with E-state index in [-0.39, 0.29) is 81.5 Å². The monoisotopic (exact) mass is 784 g/mol.